The van der Waals surface area contributed by atoms with Gasteiger partial charge < -0.3 is 9.47 Å². The molecule has 3 unspecified atom stereocenters. The molecule has 2 aliphatic heterocycles. The normalized spacial score (nSPS) is 27.4. The van der Waals surface area contributed by atoms with E-state index in [0.29, 0.717) is 24.2 Å². The van der Waals surface area contributed by atoms with Crippen molar-refractivity contribution < 1.29 is 9.47 Å². The molecule has 3 atom stereocenters. The zero-order valence-corrected chi connectivity index (χ0v) is 17.9. The van der Waals surface area contributed by atoms with E-state index in [1.54, 1.807) is 0 Å². The van der Waals surface area contributed by atoms with Crippen molar-refractivity contribution in [3.63, 3.8) is 0 Å². The maximum Gasteiger partial charge on any atom is 0.119 e. The van der Waals surface area contributed by atoms with Gasteiger partial charge in [0.25, 0.3) is 0 Å². The monoisotopic (exact) mass is 374 g/mol. The summed E-state index contributed by atoms with van der Waals surface area (Å²) in [5, 5.41) is 0. The van der Waals surface area contributed by atoms with Crippen molar-refractivity contribution in [3.8, 4) is 5.75 Å². The Morgan fingerprint density at radius 3 is 2.59 bits per heavy atom. The summed E-state index contributed by atoms with van der Waals surface area (Å²) in [6, 6.07) is 7.19. The molecule has 0 N–H and O–H groups in total. The number of nitrogens with zero attached hydrogens (tertiary/aromatic N) is 2. The Morgan fingerprint density at radius 2 is 1.93 bits per heavy atom. The Kier molecular flexibility index (Phi) is 7.18. The number of aryl methyl sites for hydroxylation is 1. The summed E-state index contributed by atoms with van der Waals surface area (Å²) in [4.78, 5) is 5.22. The Bertz CT molecular complexity index is 594. The van der Waals surface area contributed by atoms with Crippen LogP contribution in [0.15, 0.2) is 18.2 Å². The van der Waals surface area contributed by atoms with E-state index >= 15 is 0 Å². The Labute approximate surface area is 165 Å². The topological polar surface area (TPSA) is 24.9 Å². The fourth-order valence-electron chi connectivity index (χ4n) is 4.79. The molecule has 2 fully saturated rings. The molecule has 2 saturated heterocycles. The van der Waals surface area contributed by atoms with Crippen molar-refractivity contribution >= 4 is 0 Å². The molecule has 1 aromatic carbocycles. The Hall–Kier alpha value is -1.10. The van der Waals surface area contributed by atoms with Crippen LogP contribution in [-0.4, -0.2) is 67.4 Å². The first kappa shape index (κ1) is 20.6. The van der Waals surface area contributed by atoms with Crippen LogP contribution in [0.4, 0.5) is 0 Å². The molecule has 2 heterocycles. The lowest BCUT2D eigenvalue weighted by Crippen LogP contribution is -2.50. The zero-order valence-electron chi connectivity index (χ0n) is 17.9. The number of hydrogen-bond acceptors (Lipinski definition) is 4. The molecule has 0 saturated carbocycles. The highest BCUT2D eigenvalue weighted by Crippen LogP contribution is 2.24. The quantitative estimate of drug-likeness (QED) is 0.718. The Morgan fingerprint density at radius 1 is 1.19 bits per heavy atom. The van der Waals surface area contributed by atoms with Gasteiger partial charge in [-0.3, -0.25) is 9.80 Å². The molecule has 0 amide bonds. The van der Waals surface area contributed by atoms with E-state index in [4.69, 9.17) is 9.47 Å². The highest BCUT2D eigenvalue weighted by atomic mass is 16.5. The van der Waals surface area contributed by atoms with E-state index in [2.05, 4.69) is 62.6 Å². The predicted octanol–water partition coefficient (Wildman–Crippen LogP) is 4.07. The van der Waals surface area contributed by atoms with Crippen molar-refractivity contribution in [2.75, 3.05) is 39.3 Å². The van der Waals surface area contributed by atoms with Crippen LogP contribution in [-0.2, 0) is 4.74 Å². The minimum atomic E-state index is 0.351. The molecule has 4 heteroatoms. The molecule has 0 bridgehead atoms. The van der Waals surface area contributed by atoms with Crippen LogP contribution in [0, 0.1) is 6.92 Å². The van der Waals surface area contributed by atoms with E-state index in [1.807, 2.05) is 0 Å². The van der Waals surface area contributed by atoms with Gasteiger partial charge in [0.05, 0.1) is 12.2 Å². The fourth-order valence-corrected chi connectivity index (χ4v) is 4.79. The van der Waals surface area contributed by atoms with Crippen LogP contribution < -0.4 is 4.74 Å². The molecule has 3 rings (SSSR count). The maximum atomic E-state index is 6.08. The van der Waals surface area contributed by atoms with E-state index in [1.165, 1.54) is 37.1 Å². The smallest absolute Gasteiger partial charge is 0.119 e. The van der Waals surface area contributed by atoms with Crippen LogP contribution in [0.2, 0.25) is 0 Å². The summed E-state index contributed by atoms with van der Waals surface area (Å²) in [6.45, 7) is 17.3. The average molecular weight is 375 g/mol. The third kappa shape index (κ3) is 5.69. The lowest BCUT2D eigenvalue weighted by molar-refractivity contribution is -0.0724. The fraction of sp³-hybridized carbons (Fsp3) is 0.739. The van der Waals surface area contributed by atoms with Gasteiger partial charge >= 0.3 is 0 Å². The molecule has 0 aliphatic carbocycles. The molecule has 0 spiro atoms. The number of benzene rings is 1. The summed E-state index contributed by atoms with van der Waals surface area (Å²) < 4.78 is 12.0. The van der Waals surface area contributed by atoms with Gasteiger partial charge in [-0.15, -0.1) is 0 Å². The zero-order chi connectivity index (χ0) is 19.4. The number of hydrogen-bond donors (Lipinski definition) is 0. The molecule has 4 nitrogen and oxygen atoms in total. The molecule has 0 aromatic heterocycles. The largest absolute Gasteiger partial charge is 0.492 e. The van der Waals surface area contributed by atoms with Crippen LogP contribution in [0.3, 0.4) is 0 Å². The van der Waals surface area contributed by atoms with Gasteiger partial charge in [0, 0.05) is 32.2 Å². The van der Waals surface area contributed by atoms with Crippen LogP contribution in [0.5, 0.6) is 5.75 Å². The number of likely N-dealkylation sites (tertiary alicyclic amines) is 1. The standard InChI is InChI=1S/C23H38N2O2/c1-17(2)23-9-8-22(13-18(23)3)26-12-11-25-10-6-7-21(25)16-24-14-19(4)27-20(5)15-24/h8-9,13,17,19-21H,6-7,10-12,14-16H2,1-5H3. The predicted molar refractivity (Wildman–Crippen MR) is 112 cm³/mol. The Balaban J connectivity index is 1.46. The molecular formula is C23H38N2O2. The van der Waals surface area contributed by atoms with Crippen LogP contribution in [0.1, 0.15) is 57.6 Å². The summed E-state index contributed by atoms with van der Waals surface area (Å²) in [7, 11) is 0. The van der Waals surface area contributed by atoms with Gasteiger partial charge in [0.15, 0.2) is 0 Å². The van der Waals surface area contributed by atoms with E-state index in [-0.39, 0.29) is 0 Å². The molecule has 27 heavy (non-hydrogen) atoms. The van der Waals surface area contributed by atoms with Crippen molar-refractivity contribution in [1.82, 2.24) is 9.80 Å². The van der Waals surface area contributed by atoms with Crippen LogP contribution in [0.25, 0.3) is 0 Å². The first-order chi connectivity index (χ1) is 12.9. The number of ether oxygens (including phenoxy) is 2. The summed E-state index contributed by atoms with van der Waals surface area (Å²) >= 11 is 0. The average Bonchev–Trinajstić information content (AvgIpc) is 3.00. The minimum absolute atomic E-state index is 0.351. The third-order valence-electron chi connectivity index (χ3n) is 5.97. The van der Waals surface area contributed by atoms with Gasteiger partial charge in [-0.2, -0.15) is 0 Å². The highest BCUT2D eigenvalue weighted by Gasteiger charge is 2.29. The summed E-state index contributed by atoms with van der Waals surface area (Å²) in [5.41, 5.74) is 2.74. The van der Waals surface area contributed by atoms with Gasteiger partial charge in [0.2, 0.25) is 0 Å². The van der Waals surface area contributed by atoms with Crippen molar-refractivity contribution in [2.45, 2.75) is 71.6 Å². The van der Waals surface area contributed by atoms with Gasteiger partial charge in [-0.1, -0.05) is 19.9 Å². The van der Waals surface area contributed by atoms with Crippen molar-refractivity contribution in [3.05, 3.63) is 29.3 Å². The van der Waals surface area contributed by atoms with E-state index < -0.39 is 0 Å². The minimum Gasteiger partial charge on any atom is -0.492 e. The summed E-state index contributed by atoms with van der Waals surface area (Å²) in [5.74, 6) is 1.57. The van der Waals surface area contributed by atoms with E-state index in [9.17, 15) is 0 Å². The van der Waals surface area contributed by atoms with Gasteiger partial charge in [-0.25, -0.2) is 0 Å². The van der Waals surface area contributed by atoms with Crippen molar-refractivity contribution in [2.24, 2.45) is 0 Å². The van der Waals surface area contributed by atoms with Crippen LogP contribution >= 0.6 is 0 Å². The molecule has 2 aliphatic rings. The third-order valence-corrected chi connectivity index (χ3v) is 5.97. The lowest BCUT2D eigenvalue weighted by Gasteiger charge is -2.38. The van der Waals surface area contributed by atoms with E-state index in [0.717, 1.165) is 32.0 Å². The summed E-state index contributed by atoms with van der Waals surface area (Å²) in [6.07, 6.45) is 3.32. The molecule has 0 radical (unpaired) electrons. The second-order valence-electron chi connectivity index (χ2n) is 8.83. The van der Waals surface area contributed by atoms with Gasteiger partial charge in [0.1, 0.15) is 12.4 Å². The second kappa shape index (κ2) is 9.40. The molecular weight excluding hydrogens is 336 g/mol. The van der Waals surface area contributed by atoms with Gasteiger partial charge in [-0.05, 0) is 69.3 Å². The number of rotatable bonds is 7. The second-order valence-corrected chi connectivity index (χ2v) is 8.83. The lowest BCUT2D eigenvalue weighted by atomic mass is 9.98. The molecule has 152 valence electrons. The molecule has 1 aromatic rings. The maximum absolute atomic E-state index is 6.08. The first-order valence-corrected chi connectivity index (χ1v) is 10.8. The van der Waals surface area contributed by atoms with Crippen molar-refractivity contribution in [1.29, 1.82) is 0 Å². The first-order valence-electron chi connectivity index (χ1n) is 10.8. The number of morpholine rings is 1. The highest BCUT2D eigenvalue weighted by molar-refractivity contribution is 5.36. The SMILES string of the molecule is Cc1cc(OCCN2CCCC2CN2CC(C)OC(C)C2)ccc1C(C)C.